The van der Waals surface area contributed by atoms with Gasteiger partial charge in [-0.15, -0.1) is 0 Å². The quantitative estimate of drug-likeness (QED) is 0.0282. The Balaban J connectivity index is 4.11. The Morgan fingerprint density at radius 2 is 1.17 bits per heavy atom. The fourth-order valence-corrected chi connectivity index (χ4v) is 4.95. The summed E-state index contributed by atoms with van der Waals surface area (Å²) in [6.45, 7) is 5.60. The van der Waals surface area contributed by atoms with Crippen LogP contribution in [0.5, 0.6) is 0 Å². The van der Waals surface area contributed by atoms with Gasteiger partial charge in [-0.2, -0.15) is 0 Å². The number of carbonyl (C=O) groups excluding carboxylic acids is 2. The normalized spacial score (nSPS) is 13.9. The zero-order valence-electron chi connectivity index (χ0n) is 29.4. The van der Waals surface area contributed by atoms with Gasteiger partial charge < -0.3 is 24.4 Å². The van der Waals surface area contributed by atoms with Crippen LogP contribution in [0.4, 0.5) is 0 Å². The van der Waals surface area contributed by atoms with E-state index in [1.165, 1.54) is 32.1 Å². The van der Waals surface area contributed by atoms with E-state index in [1.807, 2.05) is 19.1 Å². The van der Waals surface area contributed by atoms with Crippen LogP contribution < -0.4 is 0 Å². The zero-order chi connectivity index (χ0) is 35.0. The molecular formula is C37H65O9P. The molecule has 0 radical (unpaired) electrons. The maximum absolute atomic E-state index is 12.3. The maximum atomic E-state index is 12.3. The number of aliphatic hydroxyl groups excluding tert-OH is 1. The molecule has 0 fully saturated rings. The van der Waals surface area contributed by atoms with E-state index in [1.54, 1.807) is 0 Å². The standard InChI is InChI=1S/C37H65O9P/c1-4-34(38)28-24-20-16-11-9-7-5-6-8-10-12-17-21-25-29-36(39)44-31-35(32-45-47(41,42)43)46-37(40)30-26-22-18-14-13-15-19-23-27-33(2)3/h6-9,12,16-17,20,33-35,38H,4-5,10-11,13-15,18-19,21-32H2,1-3H3,(H2,41,42,43)/b8-6-,9-7-,17-12-,20-16-/t34-,35+/m0/s1. The topological polar surface area (TPSA) is 140 Å². The van der Waals surface area contributed by atoms with Crippen molar-refractivity contribution in [3.8, 4) is 0 Å². The molecule has 0 rings (SSSR count). The minimum atomic E-state index is -4.77. The van der Waals surface area contributed by atoms with E-state index >= 15 is 0 Å². The van der Waals surface area contributed by atoms with Gasteiger partial charge in [-0.3, -0.25) is 14.1 Å². The molecule has 0 spiro atoms. The van der Waals surface area contributed by atoms with E-state index < -0.39 is 32.5 Å². The van der Waals surface area contributed by atoms with Crippen molar-refractivity contribution in [2.45, 2.75) is 155 Å². The lowest BCUT2D eigenvalue weighted by atomic mass is 10.0. The summed E-state index contributed by atoms with van der Waals surface area (Å²) in [6, 6.07) is 0. The van der Waals surface area contributed by atoms with Crippen LogP contribution in [0.1, 0.15) is 143 Å². The average Bonchev–Trinajstić information content (AvgIpc) is 3.02. The van der Waals surface area contributed by atoms with Gasteiger partial charge in [-0.05, 0) is 63.7 Å². The number of ether oxygens (including phenoxy) is 2. The van der Waals surface area contributed by atoms with E-state index in [-0.39, 0.29) is 25.6 Å². The van der Waals surface area contributed by atoms with Crippen LogP contribution in [0.2, 0.25) is 0 Å². The number of phosphoric acid groups is 1. The minimum Gasteiger partial charge on any atom is -0.462 e. The molecule has 0 unspecified atom stereocenters. The highest BCUT2D eigenvalue weighted by Gasteiger charge is 2.22. The summed E-state index contributed by atoms with van der Waals surface area (Å²) < 4.78 is 26.2. The third-order valence-corrected chi connectivity index (χ3v) is 7.93. The summed E-state index contributed by atoms with van der Waals surface area (Å²) in [5.74, 6) is -0.214. The summed E-state index contributed by atoms with van der Waals surface area (Å²) in [5, 5.41) is 9.52. The minimum absolute atomic E-state index is 0.177. The predicted molar refractivity (Wildman–Crippen MR) is 190 cm³/mol. The summed E-state index contributed by atoms with van der Waals surface area (Å²) in [4.78, 5) is 42.6. The van der Waals surface area contributed by atoms with Crippen molar-refractivity contribution in [1.82, 2.24) is 0 Å². The van der Waals surface area contributed by atoms with Gasteiger partial charge in [0.2, 0.25) is 0 Å². The first-order valence-electron chi connectivity index (χ1n) is 17.9. The van der Waals surface area contributed by atoms with Crippen molar-refractivity contribution < 1.29 is 43.0 Å². The average molecular weight is 685 g/mol. The molecule has 0 aliphatic carbocycles. The predicted octanol–water partition coefficient (Wildman–Crippen LogP) is 9.22. The number of phosphoric ester groups is 1. The first kappa shape index (κ1) is 45.0. The number of carbonyl (C=O) groups is 2. The summed E-state index contributed by atoms with van der Waals surface area (Å²) in [5.41, 5.74) is 0. The van der Waals surface area contributed by atoms with E-state index in [2.05, 4.69) is 54.8 Å². The third kappa shape index (κ3) is 35.1. The fraction of sp³-hybridized carbons (Fsp3) is 0.730. The molecule has 2 atom stereocenters. The lowest BCUT2D eigenvalue weighted by Crippen LogP contribution is -2.29. The largest absolute Gasteiger partial charge is 0.469 e. The second kappa shape index (κ2) is 31.3. The van der Waals surface area contributed by atoms with Crippen LogP contribution in [0.15, 0.2) is 48.6 Å². The number of rotatable bonds is 31. The zero-order valence-corrected chi connectivity index (χ0v) is 30.3. The first-order chi connectivity index (χ1) is 22.5. The third-order valence-electron chi connectivity index (χ3n) is 7.44. The fourth-order valence-electron chi connectivity index (χ4n) is 4.59. The molecule has 10 heteroatoms. The first-order valence-corrected chi connectivity index (χ1v) is 19.4. The van der Waals surface area contributed by atoms with Crippen molar-refractivity contribution >= 4 is 19.8 Å². The summed E-state index contributed by atoms with van der Waals surface area (Å²) >= 11 is 0. The highest BCUT2D eigenvalue weighted by Crippen LogP contribution is 2.36. The van der Waals surface area contributed by atoms with Crippen LogP contribution in [-0.4, -0.2) is 52.3 Å². The molecule has 0 amide bonds. The van der Waals surface area contributed by atoms with Gasteiger partial charge in [-0.25, -0.2) is 4.57 Å². The SMILES string of the molecule is CC[C@H](O)CC/C=C\C/C=C\C/C=C\C/C=C\CCCC(=O)OC[C@H](COP(=O)(O)O)OC(=O)CCCCCCCCCCC(C)C. The van der Waals surface area contributed by atoms with Crippen LogP contribution >= 0.6 is 7.82 Å². The molecule has 47 heavy (non-hydrogen) atoms. The highest BCUT2D eigenvalue weighted by molar-refractivity contribution is 7.46. The monoisotopic (exact) mass is 684 g/mol. The number of allylic oxidation sites excluding steroid dienone is 8. The molecule has 0 bridgehead atoms. The van der Waals surface area contributed by atoms with Gasteiger partial charge in [0.15, 0.2) is 6.10 Å². The number of hydrogen-bond donors (Lipinski definition) is 3. The molecule has 0 aromatic carbocycles. The molecular weight excluding hydrogens is 619 g/mol. The van der Waals surface area contributed by atoms with E-state index in [9.17, 15) is 19.3 Å². The van der Waals surface area contributed by atoms with Crippen molar-refractivity contribution in [3.05, 3.63) is 48.6 Å². The lowest BCUT2D eigenvalue weighted by Gasteiger charge is -2.18. The second-order valence-corrected chi connectivity index (χ2v) is 13.7. The molecule has 0 aromatic rings. The number of esters is 2. The smallest absolute Gasteiger partial charge is 0.462 e. The lowest BCUT2D eigenvalue weighted by molar-refractivity contribution is -0.161. The molecule has 0 aliphatic heterocycles. The maximum Gasteiger partial charge on any atom is 0.469 e. The van der Waals surface area contributed by atoms with E-state index in [4.69, 9.17) is 19.3 Å². The molecule has 0 saturated carbocycles. The van der Waals surface area contributed by atoms with Gasteiger partial charge in [0, 0.05) is 12.8 Å². The van der Waals surface area contributed by atoms with Crippen molar-refractivity contribution in [1.29, 1.82) is 0 Å². The van der Waals surface area contributed by atoms with Crippen LogP contribution in [0, 0.1) is 5.92 Å². The molecule has 0 saturated heterocycles. The highest BCUT2D eigenvalue weighted by atomic mass is 31.2. The van der Waals surface area contributed by atoms with Gasteiger partial charge in [0.1, 0.15) is 6.61 Å². The Hall–Kier alpha value is -2.03. The van der Waals surface area contributed by atoms with Gasteiger partial charge >= 0.3 is 19.8 Å². The van der Waals surface area contributed by atoms with E-state index in [0.717, 1.165) is 63.7 Å². The Morgan fingerprint density at radius 3 is 1.72 bits per heavy atom. The molecule has 272 valence electrons. The van der Waals surface area contributed by atoms with Gasteiger partial charge in [0.25, 0.3) is 0 Å². The second-order valence-electron chi connectivity index (χ2n) is 12.5. The molecule has 3 N–H and O–H groups in total. The Morgan fingerprint density at radius 1 is 0.660 bits per heavy atom. The Kier molecular flexibility index (Phi) is 29.9. The van der Waals surface area contributed by atoms with Gasteiger partial charge in [-0.1, -0.05) is 121 Å². The molecule has 9 nitrogen and oxygen atoms in total. The molecule has 0 aromatic heterocycles. The van der Waals surface area contributed by atoms with Crippen LogP contribution in [-0.2, 0) is 28.2 Å². The summed E-state index contributed by atoms with van der Waals surface area (Å²) in [7, 11) is -4.77. The summed E-state index contributed by atoms with van der Waals surface area (Å²) in [6.07, 6.45) is 32.3. The Bertz CT molecular complexity index is 936. The Labute approximate surface area is 285 Å². The number of unbranched alkanes of at least 4 members (excludes halogenated alkanes) is 8. The van der Waals surface area contributed by atoms with Crippen molar-refractivity contribution in [3.63, 3.8) is 0 Å². The van der Waals surface area contributed by atoms with Crippen LogP contribution in [0.25, 0.3) is 0 Å². The number of hydrogen-bond acceptors (Lipinski definition) is 7. The van der Waals surface area contributed by atoms with Crippen molar-refractivity contribution in [2.24, 2.45) is 5.92 Å². The van der Waals surface area contributed by atoms with Crippen LogP contribution in [0.3, 0.4) is 0 Å². The number of aliphatic hydroxyl groups is 1. The molecule has 0 heterocycles. The van der Waals surface area contributed by atoms with Gasteiger partial charge in [0.05, 0.1) is 12.7 Å². The molecule has 0 aliphatic rings. The van der Waals surface area contributed by atoms with E-state index in [0.29, 0.717) is 19.3 Å². The van der Waals surface area contributed by atoms with Crippen molar-refractivity contribution in [2.75, 3.05) is 13.2 Å².